The van der Waals surface area contributed by atoms with Gasteiger partial charge in [0.15, 0.2) is 0 Å². The molecule has 0 aromatic heterocycles. The maximum absolute atomic E-state index is 11.2. The summed E-state index contributed by atoms with van der Waals surface area (Å²) in [5.41, 5.74) is 5.30. The van der Waals surface area contributed by atoms with Gasteiger partial charge < -0.3 is 15.8 Å². The van der Waals surface area contributed by atoms with Crippen molar-refractivity contribution in [2.75, 3.05) is 6.61 Å². The summed E-state index contributed by atoms with van der Waals surface area (Å²) in [5, 5.41) is 3.16. The van der Waals surface area contributed by atoms with E-state index in [1.54, 1.807) is 0 Å². The summed E-state index contributed by atoms with van der Waals surface area (Å²) in [4.78, 5) is 11.2. The van der Waals surface area contributed by atoms with E-state index >= 15 is 0 Å². The molecule has 0 saturated heterocycles. The molecule has 1 aromatic rings. The molecule has 1 aliphatic rings. The lowest BCUT2D eigenvalue weighted by Gasteiger charge is -2.15. The van der Waals surface area contributed by atoms with Crippen LogP contribution in [0.2, 0.25) is 0 Å². The van der Waals surface area contributed by atoms with E-state index in [1.807, 2.05) is 30.3 Å². The third-order valence-corrected chi connectivity index (χ3v) is 2.52. The highest BCUT2D eigenvalue weighted by Gasteiger charge is 2.27. The fourth-order valence-electron chi connectivity index (χ4n) is 1.44. The van der Waals surface area contributed by atoms with E-state index in [4.69, 9.17) is 10.5 Å². The molecule has 1 fully saturated rings. The SMILES string of the molecule is NC(=O)C(COc1ccccc1)NC1CC1. The number of carbonyl (C=O) groups excluding carboxylic acids is 1. The average Bonchev–Trinajstić information content (AvgIpc) is 3.09. The number of carbonyl (C=O) groups is 1. The number of para-hydroxylation sites is 1. The van der Waals surface area contributed by atoms with Gasteiger partial charge in [-0.1, -0.05) is 18.2 Å². The Kier molecular flexibility index (Phi) is 3.41. The molecule has 0 bridgehead atoms. The number of hydrogen-bond acceptors (Lipinski definition) is 3. The van der Waals surface area contributed by atoms with Crippen molar-refractivity contribution in [3.05, 3.63) is 30.3 Å². The highest BCUT2D eigenvalue weighted by molar-refractivity contribution is 5.80. The second kappa shape index (κ2) is 4.99. The first-order valence-corrected chi connectivity index (χ1v) is 5.49. The number of amides is 1. The van der Waals surface area contributed by atoms with Gasteiger partial charge in [0.1, 0.15) is 18.4 Å². The summed E-state index contributed by atoms with van der Waals surface area (Å²) in [6.07, 6.45) is 2.24. The molecule has 1 aromatic carbocycles. The molecule has 1 atom stereocenters. The van der Waals surface area contributed by atoms with Crippen molar-refractivity contribution in [1.82, 2.24) is 5.32 Å². The van der Waals surface area contributed by atoms with Crippen molar-refractivity contribution in [3.63, 3.8) is 0 Å². The highest BCUT2D eigenvalue weighted by Crippen LogP contribution is 2.19. The van der Waals surface area contributed by atoms with Crippen molar-refractivity contribution < 1.29 is 9.53 Å². The van der Waals surface area contributed by atoms with E-state index in [0.29, 0.717) is 6.04 Å². The number of ether oxygens (including phenoxy) is 1. The lowest BCUT2D eigenvalue weighted by Crippen LogP contribution is -2.46. The minimum absolute atomic E-state index is 0.288. The van der Waals surface area contributed by atoms with Gasteiger partial charge in [-0.3, -0.25) is 4.79 Å². The van der Waals surface area contributed by atoms with Crippen LogP contribution in [0.15, 0.2) is 30.3 Å². The zero-order chi connectivity index (χ0) is 11.4. The molecular formula is C12H16N2O2. The number of nitrogens with one attached hydrogen (secondary N) is 1. The summed E-state index contributed by atoms with van der Waals surface area (Å²) < 4.78 is 5.49. The van der Waals surface area contributed by atoms with E-state index in [-0.39, 0.29) is 12.5 Å². The predicted molar refractivity (Wildman–Crippen MR) is 61.1 cm³/mol. The van der Waals surface area contributed by atoms with E-state index in [2.05, 4.69) is 5.32 Å². The average molecular weight is 220 g/mol. The van der Waals surface area contributed by atoms with Crippen LogP contribution in [0.4, 0.5) is 0 Å². The molecule has 3 N–H and O–H groups in total. The Balaban J connectivity index is 1.83. The number of hydrogen-bond donors (Lipinski definition) is 2. The monoisotopic (exact) mass is 220 g/mol. The summed E-state index contributed by atoms with van der Waals surface area (Å²) in [7, 11) is 0. The minimum atomic E-state index is -0.396. The lowest BCUT2D eigenvalue weighted by atomic mass is 10.3. The molecule has 16 heavy (non-hydrogen) atoms. The van der Waals surface area contributed by atoms with Crippen LogP contribution in [0, 0.1) is 0 Å². The molecule has 4 nitrogen and oxygen atoms in total. The Morgan fingerprint density at radius 3 is 2.69 bits per heavy atom. The van der Waals surface area contributed by atoms with Crippen LogP contribution in [0.1, 0.15) is 12.8 Å². The smallest absolute Gasteiger partial charge is 0.238 e. The minimum Gasteiger partial charge on any atom is -0.491 e. The molecule has 4 heteroatoms. The molecule has 1 unspecified atom stereocenters. The van der Waals surface area contributed by atoms with Gasteiger partial charge in [-0.05, 0) is 25.0 Å². The van der Waals surface area contributed by atoms with Crippen molar-refractivity contribution in [1.29, 1.82) is 0 Å². The third-order valence-electron chi connectivity index (χ3n) is 2.52. The van der Waals surface area contributed by atoms with Gasteiger partial charge in [-0.15, -0.1) is 0 Å². The molecular weight excluding hydrogens is 204 g/mol. The van der Waals surface area contributed by atoms with E-state index in [0.717, 1.165) is 18.6 Å². The van der Waals surface area contributed by atoms with Crippen molar-refractivity contribution >= 4 is 5.91 Å². The Morgan fingerprint density at radius 1 is 1.44 bits per heavy atom. The van der Waals surface area contributed by atoms with Gasteiger partial charge in [0.05, 0.1) is 0 Å². The van der Waals surface area contributed by atoms with Crippen LogP contribution in [0.5, 0.6) is 5.75 Å². The van der Waals surface area contributed by atoms with Gasteiger partial charge in [-0.2, -0.15) is 0 Å². The summed E-state index contributed by atoms with van der Waals surface area (Å²) in [5.74, 6) is 0.397. The number of nitrogens with two attached hydrogens (primary N) is 1. The van der Waals surface area contributed by atoms with Crippen LogP contribution in [0.25, 0.3) is 0 Å². The zero-order valence-electron chi connectivity index (χ0n) is 9.06. The molecule has 2 rings (SSSR count). The fraction of sp³-hybridized carbons (Fsp3) is 0.417. The first-order chi connectivity index (χ1) is 7.75. The van der Waals surface area contributed by atoms with Crippen LogP contribution in [-0.4, -0.2) is 24.6 Å². The Morgan fingerprint density at radius 2 is 2.12 bits per heavy atom. The zero-order valence-corrected chi connectivity index (χ0v) is 9.06. The highest BCUT2D eigenvalue weighted by atomic mass is 16.5. The molecule has 1 saturated carbocycles. The molecule has 1 aliphatic carbocycles. The van der Waals surface area contributed by atoms with Gasteiger partial charge >= 0.3 is 0 Å². The van der Waals surface area contributed by atoms with Crippen LogP contribution < -0.4 is 15.8 Å². The van der Waals surface area contributed by atoms with Crippen molar-refractivity contribution in [2.24, 2.45) is 5.73 Å². The summed E-state index contributed by atoms with van der Waals surface area (Å²) in [6, 6.07) is 9.46. The van der Waals surface area contributed by atoms with Gasteiger partial charge in [0, 0.05) is 6.04 Å². The molecule has 0 heterocycles. The Labute approximate surface area is 94.8 Å². The molecule has 0 aliphatic heterocycles. The summed E-state index contributed by atoms with van der Waals surface area (Å²) >= 11 is 0. The van der Waals surface area contributed by atoms with Crippen LogP contribution in [-0.2, 0) is 4.79 Å². The van der Waals surface area contributed by atoms with Crippen molar-refractivity contribution in [3.8, 4) is 5.75 Å². The molecule has 0 radical (unpaired) electrons. The normalized spacial score (nSPS) is 16.8. The van der Waals surface area contributed by atoms with E-state index in [9.17, 15) is 4.79 Å². The first kappa shape index (κ1) is 11.0. The number of rotatable bonds is 6. The quantitative estimate of drug-likeness (QED) is 0.740. The fourth-order valence-corrected chi connectivity index (χ4v) is 1.44. The summed E-state index contributed by atoms with van der Waals surface area (Å²) in [6.45, 7) is 0.288. The lowest BCUT2D eigenvalue weighted by molar-refractivity contribution is -0.120. The van der Waals surface area contributed by atoms with Crippen LogP contribution >= 0.6 is 0 Å². The maximum Gasteiger partial charge on any atom is 0.238 e. The molecule has 86 valence electrons. The van der Waals surface area contributed by atoms with Crippen LogP contribution in [0.3, 0.4) is 0 Å². The first-order valence-electron chi connectivity index (χ1n) is 5.49. The van der Waals surface area contributed by atoms with Gasteiger partial charge in [0.25, 0.3) is 0 Å². The standard InChI is InChI=1S/C12H16N2O2/c13-12(15)11(14-9-6-7-9)8-16-10-4-2-1-3-5-10/h1-5,9,11,14H,6-8H2,(H2,13,15). The second-order valence-electron chi connectivity index (χ2n) is 4.02. The largest absolute Gasteiger partial charge is 0.491 e. The maximum atomic E-state index is 11.2. The van der Waals surface area contributed by atoms with E-state index in [1.165, 1.54) is 0 Å². The van der Waals surface area contributed by atoms with Crippen molar-refractivity contribution in [2.45, 2.75) is 24.9 Å². The third kappa shape index (κ3) is 3.24. The Hall–Kier alpha value is -1.55. The Bertz CT molecular complexity index is 349. The second-order valence-corrected chi connectivity index (χ2v) is 4.02. The predicted octanol–water partition coefficient (Wildman–Crippen LogP) is 0.671. The van der Waals surface area contributed by atoms with Gasteiger partial charge in [0.2, 0.25) is 5.91 Å². The number of benzene rings is 1. The van der Waals surface area contributed by atoms with Gasteiger partial charge in [-0.25, -0.2) is 0 Å². The van der Waals surface area contributed by atoms with E-state index < -0.39 is 6.04 Å². The number of primary amides is 1. The molecule has 0 spiro atoms. The molecule has 1 amide bonds. The topological polar surface area (TPSA) is 64.4 Å².